The van der Waals surface area contributed by atoms with Crippen molar-refractivity contribution >= 4 is 50.3 Å². The normalized spacial score (nSPS) is 35.7. The summed E-state index contributed by atoms with van der Waals surface area (Å²) in [6, 6.07) is -1.23. The number of amides is 2. The van der Waals surface area contributed by atoms with Gasteiger partial charge in [0.2, 0.25) is 13.2 Å². The van der Waals surface area contributed by atoms with E-state index in [0.717, 1.165) is 10.5 Å². The fourth-order valence-electron chi connectivity index (χ4n) is 11.6. The topological polar surface area (TPSA) is 300 Å². The van der Waals surface area contributed by atoms with Gasteiger partial charge in [-0.3, -0.25) is 28.3 Å². The van der Waals surface area contributed by atoms with E-state index in [1.165, 1.54) is 26.2 Å². The lowest BCUT2D eigenvalue weighted by molar-refractivity contribution is -0.265. The Morgan fingerprint density at radius 1 is 0.864 bits per heavy atom. The fraction of sp³-hybridized carbons (Fsp3) is 0.759. The van der Waals surface area contributed by atoms with Gasteiger partial charge in [0.05, 0.1) is 18.3 Å². The van der Waals surface area contributed by atoms with Crippen molar-refractivity contribution in [3.05, 3.63) is 47.6 Å². The minimum Gasteiger partial charge on any atom is -0.460 e. The zero-order valence-electron chi connectivity index (χ0n) is 49.5. The number of allylic oxidation sites excluding steroid dienone is 6. The van der Waals surface area contributed by atoms with Crippen LogP contribution >= 0.6 is 15.0 Å². The number of hydrogen-bond acceptors (Lipinski definition) is 16. The second-order valence-corrected chi connectivity index (χ2v) is 28.1. The summed E-state index contributed by atoms with van der Waals surface area (Å²) >= 11 is 0. The summed E-state index contributed by atoms with van der Waals surface area (Å²) in [6.45, 7) is 12.6. The number of methoxy groups -OCH3 is 3. The number of fused-ring (bicyclic) bond motifs is 3. The molecule has 4 rings (SSSR count). The highest BCUT2D eigenvalue weighted by atomic mass is 31.2. The van der Waals surface area contributed by atoms with E-state index in [0.29, 0.717) is 63.4 Å². The third-order valence-corrected chi connectivity index (χ3v) is 20.9. The Labute approximate surface area is 479 Å². The summed E-state index contributed by atoms with van der Waals surface area (Å²) in [6.07, 6.45) is 8.89. The van der Waals surface area contributed by atoms with Crippen LogP contribution in [0.1, 0.15) is 138 Å². The van der Waals surface area contributed by atoms with Crippen LogP contribution in [0.25, 0.3) is 0 Å². The number of aliphatic hydroxyl groups excluding tert-OH is 1. The van der Waals surface area contributed by atoms with Crippen molar-refractivity contribution in [1.29, 1.82) is 0 Å². The van der Waals surface area contributed by atoms with Crippen molar-refractivity contribution in [2.24, 2.45) is 35.5 Å². The first-order chi connectivity index (χ1) is 37.9. The van der Waals surface area contributed by atoms with Crippen LogP contribution < -0.4 is 0 Å². The van der Waals surface area contributed by atoms with E-state index < -0.39 is 123 Å². The number of cyclic esters (lactones) is 1. The molecule has 0 spiro atoms. The molecule has 0 aromatic heterocycles. The SMILES string of the molecule is CO[C@H]1C[C@@H]2CC[C@@H](C)[C@@](O)(O2)C(=O)C(=O)N2CCCC[C@H]2C(=O)O[C@H]([C@H](C)C[C@H]2CC[C@@H](OC(=O)N(C)CCCCP(=O)(O)CP(=O)(O)O)[C@H](OC)C2)CC(=O)[C@H](C)/C=C(\C)[C@@H](O)[C@@H](OC)C(=O)[C@H](C)C[C@H](C)\C=C/C=C/C=C/1C. The molecular formula is C58H94N2O19P2. The minimum absolute atomic E-state index is 0.0223. The summed E-state index contributed by atoms with van der Waals surface area (Å²) < 4.78 is 59.1. The van der Waals surface area contributed by atoms with Crippen molar-refractivity contribution in [3.8, 4) is 0 Å². The van der Waals surface area contributed by atoms with Gasteiger partial charge in [-0.25, -0.2) is 9.59 Å². The summed E-state index contributed by atoms with van der Waals surface area (Å²) in [5.74, 6) is -9.96. The number of carbonyl (C=O) groups excluding carboxylic acids is 6. The van der Waals surface area contributed by atoms with Gasteiger partial charge in [-0.05, 0) is 120 Å². The second-order valence-electron chi connectivity index (χ2n) is 23.5. The zero-order valence-corrected chi connectivity index (χ0v) is 51.3. The van der Waals surface area contributed by atoms with Crippen LogP contribution in [0, 0.1) is 35.5 Å². The molecule has 3 heterocycles. The maximum absolute atomic E-state index is 14.6. The lowest BCUT2D eigenvalue weighted by atomic mass is 9.78. The van der Waals surface area contributed by atoms with Crippen LogP contribution in [0.2, 0.25) is 0 Å². The quantitative estimate of drug-likeness (QED) is 0.0371. The molecule has 21 nitrogen and oxygen atoms in total. The van der Waals surface area contributed by atoms with E-state index in [2.05, 4.69) is 0 Å². The number of nitrogens with zero attached hydrogens (tertiary/aromatic N) is 2. The summed E-state index contributed by atoms with van der Waals surface area (Å²) in [5.41, 5.74) is 1.18. The van der Waals surface area contributed by atoms with Gasteiger partial charge in [-0.15, -0.1) is 0 Å². The molecule has 1 saturated carbocycles. The Morgan fingerprint density at radius 3 is 2.22 bits per heavy atom. The van der Waals surface area contributed by atoms with Crippen molar-refractivity contribution in [2.75, 3.05) is 53.5 Å². The first-order valence-electron chi connectivity index (χ1n) is 28.7. The Hall–Kier alpha value is -3.72. The molecule has 0 aromatic rings. The highest BCUT2D eigenvalue weighted by molar-refractivity contribution is 7.72. The molecule has 460 valence electrons. The summed E-state index contributed by atoms with van der Waals surface area (Å²) in [5, 5.41) is 23.6. The molecule has 2 amide bonds. The standard InChI is InChI=1S/C58H94N2O19P2/c1-36-19-13-12-14-20-37(2)48(74-9)33-44-24-22-42(7)58(68,79-44)54(64)55(65)60-27-16-15-21-45(60)56(66)77-49(34-46(61)38(3)30-41(6)52(63)53(76-11)51(62)40(5)29-36)39(4)31-43-23-25-47(50(32-43)75-10)78-57(67)59(8)26-17-18-28-80(69,70)35-81(71,72)73/h12-14,19-20,30,36,38-40,42-45,47-50,52-53,63,68H,15-18,21-29,31-35H2,1-11H3,(H,69,70)(H2,71,72,73)/b14-12+,19-13-,37-20+,41-30+/t36-,38-,39-,40-,42-,43-,44+,45+,47-,48+,49+,50-,52-,53+,58-/m1/s1. The number of carbonyl (C=O) groups is 6. The van der Waals surface area contributed by atoms with Crippen molar-refractivity contribution in [2.45, 2.75) is 193 Å². The van der Waals surface area contributed by atoms with Crippen LogP contribution in [0.15, 0.2) is 47.6 Å². The molecule has 2 bridgehead atoms. The van der Waals surface area contributed by atoms with E-state index in [1.807, 2.05) is 51.2 Å². The lowest BCUT2D eigenvalue weighted by Gasteiger charge is -2.42. The molecule has 16 atom stereocenters. The second kappa shape index (κ2) is 32.0. The fourth-order valence-corrected chi connectivity index (χ4v) is 15.2. The average Bonchev–Trinajstić information content (AvgIpc) is 3.46. The molecule has 23 heteroatoms. The maximum atomic E-state index is 14.6. The molecule has 0 radical (unpaired) electrons. The molecule has 0 aromatic carbocycles. The minimum atomic E-state index is -4.68. The van der Waals surface area contributed by atoms with Crippen LogP contribution in [-0.2, 0) is 61.5 Å². The van der Waals surface area contributed by atoms with Gasteiger partial charge in [-0.2, -0.15) is 0 Å². The molecule has 1 unspecified atom stereocenters. The van der Waals surface area contributed by atoms with E-state index in [9.17, 15) is 53.0 Å². The Morgan fingerprint density at radius 2 is 1.57 bits per heavy atom. The number of piperidine rings is 1. The van der Waals surface area contributed by atoms with Gasteiger partial charge < -0.3 is 63.1 Å². The van der Waals surface area contributed by atoms with E-state index in [-0.39, 0.29) is 74.8 Å². The van der Waals surface area contributed by atoms with Crippen LogP contribution in [0.3, 0.4) is 0 Å². The third kappa shape index (κ3) is 20.8. The number of ether oxygens (including phenoxy) is 6. The van der Waals surface area contributed by atoms with Gasteiger partial charge in [-0.1, -0.05) is 71.1 Å². The molecule has 4 aliphatic rings. The summed E-state index contributed by atoms with van der Waals surface area (Å²) in [7, 11) is -2.82. The number of hydrogen-bond donors (Lipinski definition) is 5. The molecular weight excluding hydrogens is 1090 g/mol. The van der Waals surface area contributed by atoms with Gasteiger partial charge >= 0.3 is 19.7 Å². The zero-order chi connectivity index (χ0) is 60.6. The molecule has 1 aliphatic carbocycles. The van der Waals surface area contributed by atoms with E-state index in [1.54, 1.807) is 40.9 Å². The van der Waals surface area contributed by atoms with E-state index >= 15 is 0 Å². The van der Waals surface area contributed by atoms with E-state index in [4.69, 9.17) is 38.2 Å². The predicted octanol–water partition coefficient (Wildman–Crippen LogP) is 7.44. The molecule has 3 fully saturated rings. The number of rotatable bonds is 14. The Kier molecular flexibility index (Phi) is 27.5. The predicted molar refractivity (Wildman–Crippen MR) is 303 cm³/mol. The molecule has 81 heavy (non-hydrogen) atoms. The smallest absolute Gasteiger partial charge is 0.409 e. The Bertz CT molecular complexity index is 2370. The van der Waals surface area contributed by atoms with Gasteiger partial charge in [0.15, 0.2) is 5.78 Å². The van der Waals surface area contributed by atoms with Crippen molar-refractivity contribution in [1.82, 2.24) is 9.80 Å². The number of Topliss-reactive ketones (excluding diaryl/α,β-unsaturated/α-hetero) is 3. The van der Waals surface area contributed by atoms with Crippen LogP contribution in [0.4, 0.5) is 4.79 Å². The largest absolute Gasteiger partial charge is 0.460 e. The van der Waals surface area contributed by atoms with Gasteiger partial charge in [0.25, 0.3) is 11.7 Å². The molecule has 2 saturated heterocycles. The maximum Gasteiger partial charge on any atom is 0.409 e. The van der Waals surface area contributed by atoms with Crippen LogP contribution in [0.5, 0.6) is 0 Å². The Balaban J connectivity index is 1.61. The first kappa shape index (κ1) is 69.8. The third-order valence-electron chi connectivity index (χ3n) is 16.7. The number of esters is 1. The first-order valence-corrected chi connectivity index (χ1v) is 32.5. The summed E-state index contributed by atoms with van der Waals surface area (Å²) in [4.78, 5) is 115. The molecule has 3 aliphatic heterocycles. The molecule has 5 N–H and O–H groups in total. The van der Waals surface area contributed by atoms with Gasteiger partial charge in [0.1, 0.15) is 42.1 Å². The van der Waals surface area contributed by atoms with Gasteiger partial charge in [0, 0.05) is 78.2 Å². The number of ketones is 3. The van der Waals surface area contributed by atoms with Crippen molar-refractivity contribution < 1.29 is 91.2 Å². The lowest BCUT2D eigenvalue weighted by Crippen LogP contribution is -2.61. The highest BCUT2D eigenvalue weighted by Gasteiger charge is 2.53. The average molecular weight is 1190 g/mol. The van der Waals surface area contributed by atoms with Crippen molar-refractivity contribution in [3.63, 3.8) is 0 Å². The highest BCUT2D eigenvalue weighted by Crippen LogP contribution is 2.55. The number of unbranched alkanes of at least 4 members (excludes halogenated alkanes) is 1. The number of aliphatic hydroxyl groups is 2. The van der Waals surface area contributed by atoms with Crippen LogP contribution in [-0.4, -0.2) is 178 Å². The monoisotopic (exact) mass is 1180 g/mol.